The highest BCUT2D eigenvalue weighted by Gasteiger charge is 2.17. The van der Waals surface area contributed by atoms with E-state index in [-0.39, 0.29) is 18.0 Å². The SMILES string of the molecule is NCC#Cc1ccc(F)cc1C(=O)NCC1CCCOC1. The maximum Gasteiger partial charge on any atom is 0.252 e. The fraction of sp³-hybridized carbons (Fsp3) is 0.438. The van der Waals surface area contributed by atoms with E-state index < -0.39 is 5.82 Å². The molecule has 1 heterocycles. The molecule has 0 aliphatic carbocycles. The zero-order chi connectivity index (χ0) is 15.1. The van der Waals surface area contributed by atoms with Gasteiger partial charge in [-0.3, -0.25) is 4.79 Å². The van der Waals surface area contributed by atoms with E-state index in [1.165, 1.54) is 18.2 Å². The third-order valence-electron chi connectivity index (χ3n) is 3.36. The molecule has 4 nitrogen and oxygen atoms in total. The maximum atomic E-state index is 13.4. The Kier molecular flexibility index (Phi) is 5.73. The molecule has 0 saturated carbocycles. The fourth-order valence-corrected chi connectivity index (χ4v) is 2.26. The van der Waals surface area contributed by atoms with Crippen LogP contribution in [0.3, 0.4) is 0 Å². The molecule has 112 valence electrons. The summed E-state index contributed by atoms with van der Waals surface area (Å²) < 4.78 is 18.7. The van der Waals surface area contributed by atoms with Gasteiger partial charge in [0.05, 0.1) is 18.7 Å². The number of nitrogens with two attached hydrogens (primary N) is 1. The predicted octanol–water partition coefficient (Wildman–Crippen LogP) is 1.29. The average molecular weight is 290 g/mol. The van der Waals surface area contributed by atoms with Crippen LogP contribution in [0, 0.1) is 23.6 Å². The number of carbonyl (C=O) groups excluding carboxylic acids is 1. The highest BCUT2D eigenvalue weighted by molar-refractivity contribution is 5.96. The molecular formula is C16H19FN2O2. The minimum absolute atomic E-state index is 0.192. The van der Waals surface area contributed by atoms with Crippen molar-refractivity contribution in [1.82, 2.24) is 5.32 Å². The van der Waals surface area contributed by atoms with Crippen LogP contribution in [-0.4, -0.2) is 32.2 Å². The molecule has 0 bridgehead atoms. The highest BCUT2D eigenvalue weighted by Crippen LogP contribution is 2.14. The summed E-state index contributed by atoms with van der Waals surface area (Å²) in [5, 5.41) is 2.83. The Morgan fingerprint density at radius 1 is 1.52 bits per heavy atom. The van der Waals surface area contributed by atoms with Crippen LogP contribution in [0.25, 0.3) is 0 Å². The lowest BCUT2D eigenvalue weighted by Crippen LogP contribution is -2.33. The van der Waals surface area contributed by atoms with Gasteiger partial charge >= 0.3 is 0 Å². The van der Waals surface area contributed by atoms with E-state index in [0.717, 1.165) is 19.4 Å². The van der Waals surface area contributed by atoms with Crippen LogP contribution < -0.4 is 11.1 Å². The van der Waals surface area contributed by atoms with Crippen molar-refractivity contribution in [2.24, 2.45) is 11.7 Å². The molecule has 0 radical (unpaired) electrons. The highest BCUT2D eigenvalue weighted by atomic mass is 19.1. The van der Waals surface area contributed by atoms with E-state index in [0.29, 0.717) is 24.6 Å². The lowest BCUT2D eigenvalue weighted by Gasteiger charge is -2.22. The molecule has 1 aliphatic rings. The van der Waals surface area contributed by atoms with Crippen molar-refractivity contribution in [3.05, 3.63) is 35.1 Å². The summed E-state index contributed by atoms with van der Waals surface area (Å²) >= 11 is 0. The van der Waals surface area contributed by atoms with Crippen LogP contribution in [0.4, 0.5) is 4.39 Å². The number of halogens is 1. The van der Waals surface area contributed by atoms with Crippen LogP contribution in [0.15, 0.2) is 18.2 Å². The summed E-state index contributed by atoms with van der Waals surface area (Å²) in [6, 6.07) is 3.98. The van der Waals surface area contributed by atoms with Crippen LogP contribution in [0.2, 0.25) is 0 Å². The van der Waals surface area contributed by atoms with E-state index in [9.17, 15) is 9.18 Å². The number of hydrogen-bond donors (Lipinski definition) is 2. The second-order valence-corrected chi connectivity index (χ2v) is 4.99. The minimum atomic E-state index is -0.459. The minimum Gasteiger partial charge on any atom is -0.381 e. The molecule has 1 unspecified atom stereocenters. The Labute approximate surface area is 123 Å². The van der Waals surface area contributed by atoms with Crippen molar-refractivity contribution in [2.75, 3.05) is 26.3 Å². The second kappa shape index (κ2) is 7.77. The van der Waals surface area contributed by atoms with Gasteiger partial charge in [-0.25, -0.2) is 4.39 Å². The Hall–Kier alpha value is -1.90. The third kappa shape index (κ3) is 4.55. The first-order valence-corrected chi connectivity index (χ1v) is 7.05. The number of nitrogens with one attached hydrogen (secondary N) is 1. The van der Waals surface area contributed by atoms with Gasteiger partial charge in [-0.1, -0.05) is 11.8 Å². The standard InChI is InChI=1S/C16H19FN2O2/c17-14-6-5-13(4-1-7-18)15(9-14)16(20)19-10-12-3-2-8-21-11-12/h5-6,9,12H,2-3,7-8,10-11,18H2,(H,19,20). The normalized spacial score (nSPS) is 17.7. The molecule has 1 amide bonds. The molecule has 1 aliphatic heterocycles. The molecule has 5 heteroatoms. The Bertz CT molecular complexity index is 557. The summed E-state index contributed by atoms with van der Waals surface area (Å²) in [5.74, 6) is 5.01. The number of ether oxygens (including phenoxy) is 1. The number of amides is 1. The third-order valence-corrected chi connectivity index (χ3v) is 3.36. The predicted molar refractivity (Wildman–Crippen MR) is 78.2 cm³/mol. The first-order valence-electron chi connectivity index (χ1n) is 7.05. The van der Waals surface area contributed by atoms with Crippen molar-refractivity contribution in [2.45, 2.75) is 12.8 Å². The van der Waals surface area contributed by atoms with Crippen LogP contribution in [0.1, 0.15) is 28.8 Å². The number of hydrogen-bond acceptors (Lipinski definition) is 3. The van der Waals surface area contributed by atoms with Gasteiger partial charge in [0.15, 0.2) is 0 Å². The largest absolute Gasteiger partial charge is 0.381 e. The molecule has 1 aromatic carbocycles. The lowest BCUT2D eigenvalue weighted by molar-refractivity contribution is 0.0536. The number of benzene rings is 1. The zero-order valence-electron chi connectivity index (χ0n) is 11.8. The van der Waals surface area contributed by atoms with Crippen LogP contribution >= 0.6 is 0 Å². The van der Waals surface area contributed by atoms with Crippen molar-refractivity contribution < 1.29 is 13.9 Å². The molecule has 1 aromatic rings. The van der Waals surface area contributed by atoms with Gasteiger partial charge in [-0.15, -0.1) is 0 Å². The van der Waals surface area contributed by atoms with E-state index in [2.05, 4.69) is 17.2 Å². The van der Waals surface area contributed by atoms with Gasteiger partial charge in [0.1, 0.15) is 5.82 Å². The maximum absolute atomic E-state index is 13.4. The lowest BCUT2D eigenvalue weighted by atomic mass is 10.0. The first kappa shape index (κ1) is 15.5. The molecule has 1 atom stereocenters. The van der Waals surface area contributed by atoms with Gasteiger partial charge in [0.25, 0.3) is 5.91 Å². The van der Waals surface area contributed by atoms with E-state index >= 15 is 0 Å². The summed E-state index contributed by atoms with van der Waals surface area (Å²) in [4.78, 5) is 12.2. The van der Waals surface area contributed by atoms with E-state index in [4.69, 9.17) is 10.5 Å². The van der Waals surface area contributed by atoms with Gasteiger partial charge in [0.2, 0.25) is 0 Å². The van der Waals surface area contributed by atoms with Gasteiger partial charge in [-0.2, -0.15) is 0 Å². The van der Waals surface area contributed by atoms with Crippen LogP contribution in [-0.2, 0) is 4.74 Å². The van der Waals surface area contributed by atoms with Gasteiger partial charge in [0, 0.05) is 18.7 Å². The molecule has 1 fully saturated rings. The molecule has 21 heavy (non-hydrogen) atoms. The Morgan fingerprint density at radius 2 is 2.38 bits per heavy atom. The molecule has 3 N–H and O–H groups in total. The van der Waals surface area contributed by atoms with E-state index in [1.54, 1.807) is 0 Å². The topological polar surface area (TPSA) is 64.4 Å². The monoisotopic (exact) mass is 290 g/mol. The summed E-state index contributed by atoms with van der Waals surface area (Å²) in [6.07, 6.45) is 2.04. The second-order valence-electron chi connectivity index (χ2n) is 4.99. The summed E-state index contributed by atoms with van der Waals surface area (Å²) in [5.41, 5.74) is 6.06. The molecule has 0 spiro atoms. The fourth-order valence-electron chi connectivity index (χ4n) is 2.26. The van der Waals surface area contributed by atoms with Crippen molar-refractivity contribution in [3.63, 3.8) is 0 Å². The summed E-state index contributed by atoms with van der Waals surface area (Å²) in [7, 11) is 0. The van der Waals surface area contributed by atoms with Crippen LogP contribution in [0.5, 0.6) is 0 Å². The summed E-state index contributed by atoms with van der Waals surface area (Å²) in [6.45, 7) is 2.16. The number of rotatable bonds is 3. The van der Waals surface area contributed by atoms with Crippen molar-refractivity contribution >= 4 is 5.91 Å². The van der Waals surface area contributed by atoms with Gasteiger partial charge < -0.3 is 15.8 Å². The van der Waals surface area contributed by atoms with Crippen molar-refractivity contribution in [3.8, 4) is 11.8 Å². The van der Waals surface area contributed by atoms with Crippen molar-refractivity contribution in [1.29, 1.82) is 0 Å². The average Bonchev–Trinajstić information content (AvgIpc) is 2.52. The smallest absolute Gasteiger partial charge is 0.252 e. The molecule has 1 saturated heterocycles. The van der Waals surface area contributed by atoms with Gasteiger partial charge in [-0.05, 0) is 37.0 Å². The zero-order valence-corrected chi connectivity index (χ0v) is 11.8. The quantitative estimate of drug-likeness (QED) is 0.825. The van der Waals surface area contributed by atoms with E-state index in [1.807, 2.05) is 0 Å². The Morgan fingerprint density at radius 3 is 3.10 bits per heavy atom. The molecule has 2 rings (SSSR count). The molecule has 0 aromatic heterocycles. The first-order chi connectivity index (χ1) is 10.2. The Balaban J connectivity index is 2.04. The molecular weight excluding hydrogens is 271 g/mol. The number of carbonyl (C=O) groups is 1.